The number of epoxide rings is 1. The predicted octanol–water partition coefficient (Wildman–Crippen LogP) is 3.13. The minimum absolute atomic E-state index is 0.00162. The first kappa shape index (κ1) is 11.2. The third-order valence-electron chi connectivity index (χ3n) is 4.53. The molecule has 1 aromatic carbocycles. The smallest absolute Gasteiger partial charge is 0.270 e. The maximum absolute atomic E-state index is 10.8. The molecule has 0 amide bonds. The van der Waals surface area contributed by atoms with E-state index in [4.69, 9.17) is 9.47 Å². The van der Waals surface area contributed by atoms with Crippen LogP contribution in [0.5, 0.6) is 5.75 Å². The molecule has 2 fully saturated rings. The molecule has 5 nitrogen and oxygen atoms in total. The zero-order chi connectivity index (χ0) is 13.0. The van der Waals surface area contributed by atoms with Crippen LogP contribution < -0.4 is 4.74 Å². The molecule has 19 heavy (non-hydrogen) atoms. The second-order valence-electron chi connectivity index (χ2n) is 5.68. The number of ether oxygens (including phenoxy) is 2. The van der Waals surface area contributed by atoms with Crippen LogP contribution in [0.1, 0.15) is 43.8 Å². The summed E-state index contributed by atoms with van der Waals surface area (Å²) in [6.07, 6.45) is 5.78. The fourth-order valence-electron chi connectivity index (χ4n) is 3.53. The SMILES string of the molecule is O=[N+]([O-])c1ccc2c(c1)[C@@H]1O[C@@H]1C1(CCCCC1)O2. The molecule has 0 N–H and O–H groups in total. The lowest BCUT2D eigenvalue weighted by Gasteiger charge is -2.39. The summed E-state index contributed by atoms with van der Waals surface area (Å²) < 4.78 is 12.0. The minimum Gasteiger partial charge on any atom is -0.484 e. The molecule has 0 unspecified atom stereocenters. The predicted molar refractivity (Wildman–Crippen MR) is 67.2 cm³/mol. The number of fused-ring (bicyclic) bond motifs is 4. The summed E-state index contributed by atoms with van der Waals surface area (Å²) in [5.41, 5.74) is 0.776. The van der Waals surface area contributed by atoms with Crippen LogP contribution in [0.15, 0.2) is 18.2 Å². The van der Waals surface area contributed by atoms with Crippen LogP contribution in [0.2, 0.25) is 0 Å². The normalized spacial score (nSPS) is 30.1. The quantitative estimate of drug-likeness (QED) is 0.442. The number of rotatable bonds is 1. The molecule has 1 spiro atoms. The molecule has 2 atom stereocenters. The molecule has 0 radical (unpaired) electrons. The van der Waals surface area contributed by atoms with E-state index in [-0.39, 0.29) is 28.4 Å². The van der Waals surface area contributed by atoms with E-state index in [2.05, 4.69) is 0 Å². The number of benzene rings is 1. The van der Waals surface area contributed by atoms with E-state index in [0.717, 1.165) is 24.2 Å². The van der Waals surface area contributed by atoms with Gasteiger partial charge < -0.3 is 9.47 Å². The third kappa shape index (κ3) is 1.57. The van der Waals surface area contributed by atoms with Gasteiger partial charge in [-0.25, -0.2) is 0 Å². The van der Waals surface area contributed by atoms with Crippen molar-refractivity contribution in [2.24, 2.45) is 0 Å². The lowest BCUT2D eigenvalue weighted by atomic mass is 9.79. The minimum atomic E-state index is -0.372. The molecule has 1 aromatic rings. The molecule has 100 valence electrons. The van der Waals surface area contributed by atoms with E-state index >= 15 is 0 Å². The van der Waals surface area contributed by atoms with Crippen molar-refractivity contribution in [1.29, 1.82) is 0 Å². The number of nitro benzene ring substituents is 1. The average molecular weight is 261 g/mol. The Bertz CT molecular complexity index is 550. The second-order valence-corrected chi connectivity index (χ2v) is 5.68. The Morgan fingerprint density at radius 3 is 2.79 bits per heavy atom. The molecule has 5 heteroatoms. The summed E-state index contributed by atoms with van der Waals surface area (Å²) in [4.78, 5) is 10.5. The maximum Gasteiger partial charge on any atom is 0.270 e. The van der Waals surface area contributed by atoms with E-state index in [0.29, 0.717) is 0 Å². The molecular weight excluding hydrogens is 246 g/mol. The Kier molecular flexibility index (Phi) is 2.18. The van der Waals surface area contributed by atoms with Crippen molar-refractivity contribution in [2.45, 2.75) is 49.9 Å². The van der Waals surface area contributed by atoms with Crippen LogP contribution in [0, 0.1) is 10.1 Å². The van der Waals surface area contributed by atoms with Gasteiger partial charge in [-0.3, -0.25) is 10.1 Å². The maximum atomic E-state index is 10.8. The highest BCUT2D eigenvalue weighted by Gasteiger charge is 2.61. The van der Waals surface area contributed by atoms with Gasteiger partial charge in [0.15, 0.2) is 0 Å². The molecule has 0 bridgehead atoms. The largest absolute Gasteiger partial charge is 0.484 e. The monoisotopic (exact) mass is 261 g/mol. The fourth-order valence-corrected chi connectivity index (χ4v) is 3.53. The van der Waals surface area contributed by atoms with Gasteiger partial charge in [-0.05, 0) is 31.7 Å². The molecule has 4 rings (SSSR count). The topological polar surface area (TPSA) is 64.9 Å². The molecule has 3 aliphatic rings. The van der Waals surface area contributed by atoms with Crippen molar-refractivity contribution in [3.63, 3.8) is 0 Å². The molecule has 1 saturated carbocycles. The van der Waals surface area contributed by atoms with Gasteiger partial charge in [0.05, 0.1) is 4.92 Å². The van der Waals surface area contributed by atoms with Crippen molar-refractivity contribution in [3.8, 4) is 5.75 Å². The van der Waals surface area contributed by atoms with Crippen LogP contribution in [0.4, 0.5) is 5.69 Å². The zero-order valence-corrected chi connectivity index (χ0v) is 10.5. The van der Waals surface area contributed by atoms with Crippen LogP contribution >= 0.6 is 0 Å². The fraction of sp³-hybridized carbons (Fsp3) is 0.571. The average Bonchev–Trinajstić information content (AvgIpc) is 3.21. The number of hydrogen-bond acceptors (Lipinski definition) is 4. The Labute approximate surface area is 110 Å². The number of hydrogen-bond donors (Lipinski definition) is 0. The summed E-state index contributed by atoms with van der Waals surface area (Å²) >= 11 is 0. The van der Waals surface area contributed by atoms with Crippen LogP contribution in [-0.2, 0) is 4.74 Å². The Hall–Kier alpha value is -1.62. The summed E-state index contributed by atoms with van der Waals surface area (Å²) in [5.74, 6) is 0.770. The van der Waals surface area contributed by atoms with E-state index in [9.17, 15) is 10.1 Å². The zero-order valence-electron chi connectivity index (χ0n) is 10.5. The molecular formula is C14H15NO4. The Morgan fingerprint density at radius 1 is 1.26 bits per heavy atom. The summed E-state index contributed by atoms with van der Waals surface area (Å²) in [7, 11) is 0. The number of nitro groups is 1. The number of non-ortho nitro benzene ring substituents is 1. The van der Waals surface area contributed by atoms with Crippen LogP contribution in [0.3, 0.4) is 0 Å². The van der Waals surface area contributed by atoms with Crippen molar-refractivity contribution in [3.05, 3.63) is 33.9 Å². The van der Waals surface area contributed by atoms with E-state index in [1.54, 1.807) is 12.1 Å². The Morgan fingerprint density at radius 2 is 2.05 bits per heavy atom. The third-order valence-corrected chi connectivity index (χ3v) is 4.53. The lowest BCUT2D eigenvalue weighted by molar-refractivity contribution is -0.385. The van der Waals surface area contributed by atoms with E-state index in [1.165, 1.54) is 25.3 Å². The highest BCUT2D eigenvalue weighted by molar-refractivity contribution is 5.49. The molecule has 0 aromatic heterocycles. The summed E-state index contributed by atoms with van der Waals surface area (Å²) in [6, 6.07) is 4.83. The van der Waals surface area contributed by atoms with E-state index < -0.39 is 0 Å². The van der Waals surface area contributed by atoms with Gasteiger partial charge in [-0.15, -0.1) is 0 Å². The first-order chi connectivity index (χ1) is 9.20. The van der Waals surface area contributed by atoms with Crippen molar-refractivity contribution in [2.75, 3.05) is 0 Å². The van der Waals surface area contributed by atoms with Crippen molar-refractivity contribution in [1.82, 2.24) is 0 Å². The highest BCUT2D eigenvalue weighted by atomic mass is 16.6. The summed E-state index contributed by atoms with van der Waals surface area (Å²) in [5, 5.41) is 10.8. The van der Waals surface area contributed by atoms with Gasteiger partial charge in [0, 0.05) is 17.7 Å². The Balaban J connectivity index is 1.72. The molecule has 2 heterocycles. The molecule has 1 aliphatic carbocycles. The number of nitrogens with zero attached hydrogens (tertiary/aromatic N) is 1. The van der Waals surface area contributed by atoms with Crippen LogP contribution in [0.25, 0.3) is 0 Å². The van der Waals surface area contributed by atoms with Gasteiger partial charge in [-0.2, -0.15) is 0 Å². The molecule has 2 aliphatic heterocycles. The van der Waals surface area contributed by atoms with E-state index in [1.807, 2.05) is 0 Å². The first-order valence-corrected chi connectivity index (χ1v) is 6.82. The van der Waals surface area contributed by atoms with Crippen molar-refractivity contribution >= 4 is 5.69 Å². The summed E-state index contributed by atoms with van der Waals surface area (Å²) in [6.45, 7) is 0. The van der Waals surface area contributed by atoms with Gasteiger partial charge in [0.2, 0.25) is 0 Å². The van der Waals surface area contributed by atoms with Crippen molar-refractivity contribution < 1.29 is 14.4 Å². The van der Waals surface area contributed by atoms with Crippen LogP contribution in [-0.4, -0.2) is 16.6 Å². The second kappa shape index (κ2) is 3.70. The molecule has 1 saturated heterocycles. The first-order valence-electron chi connectivity index (χ1n) is 6.82. The van der Waals surface area contributed by atoms with Gasteiger partial charge in [0.25, 0.3) is 5.69 Å². The van der Waals surface area contributed by atoms with Gasteiger partial charge in [0.1, 0.15) is 23.6 Å². The van der Waals surface area contributed by atoms with Gasteiger partial charge >= 0.3 is 0 Å². The van der Waals surface area contributed by atoms with Gasteiger partial charge in [-0.1, -0.05) is 6.42 Å². The lowest BCUT2D eigenvalue weighted by Crippen LogP contribution is -2.45. The highest BCUT2D eigenvalue weighted by Crippen LogP contribution is 2.58. The standard InChI is InChI=1S/C14H15NO4/c16-15(17)9-4-5-11-10(8-9)12-13(18-12)14(19-11)6-2-1-3-7-14/h4-5,8,12-13H,1-3,6-7H2/t12-,13-/m0/s1.